The second kappa shape index (κ2) is 7.59. The molecule has 5 heteroatoms. The average molecular weight is 230 g/mol. The SMILES string of the molecule is CCCC(CCC)CS(N)(=O)=O.Cl. The van der Waals surface area contributed by atoms with E-state index in [1.807, 2.05) is 0 Å². The first-order chi connectivity index (χ1) is 5.49. The van der Waals surface area contributed by atoms with E-state index in [1.54, 1.807) is 0 Å². The van der Waals surface area contributed by atoms with Crippen molar-refractivity contribution in [3.8, 4) is 0 Å². The summed E-state index contributed by atoms with van der Waals surface area (Å²) < 4.78 is 21.5. The first kappa shape index (κ1) is 15.7. The van der Waals surface area contributed by atoms with Crippen molar-refractivity contribution in [2.45, 2.75) is 39.5 Å². The Morgan fingerprint density at radius 2 is 1.54 bits per heavy atom. The minimum Gasteiger partial charge on any atom is -0.229 e. The molecule has 82 valence electrons. The zero-order valence-corrected chi connectivity index (χ0v) is 9.96. The van der Waals surface area contributed by atoms with Gasteiger partial charge in [-0.2, -0.15) is 0 Å². The van der Waals surface area contributed by atoms with Crippen molar-refractivity contribution in [3.05, 3.63) is 0 Å². The van der Waals surface area contributed by atoms with E-state index < -0.39 is 10.0 Å². The summed E-state index contributed by atoms with van der Waals surface area (Å²) >= 11 is 0. The molecule has 0 fully saturated rings. The van der Waals surface area contributed by atoms with E-state index >= 15 is 0 Å². The van der Waals surface area contributed by atoms with Gasteiger partial charge >= 0.3 is 0 Å². The Labute approximate surface area is 87.5 Å². The van der Waals surface area contributed by atoms with Crippen LogP contribution in [0.1, 0.15) is 39.5 Å². The standard InChI is InChI=1S/C8H19NO2S.ClH/c1-3-5-8(6-4-2)7-12(9,10)11;/h8H,3-7H2,1-2H3,(H2,9,10,11);1H. The van der Waals surface area contributed by atoms with Crippen LogP contribution in [0.15, 0.2) is 0 Å². The largest absolute Gasteiger partial charge is 0.229 e. The predicted molar refractivity (Wildman–Crippen MR) is 58.5 cm³/mol. The second-order valence-corrected chi connectivity index (χ2v) is 4.93. The lowest BCUT2D eigenvalue weighted by Crippen LogP contribution is -2.22. The van der Waals surface area contributed by atoms with Crippen LogP contribution in [0.2, 0.25) is 0 Å². The summed E-state index contributed by atoms with van der Waals surface area (Å²) in [5.41, 5.74) is 0. The van der Waals surface area contributed by atoms with Gasteiger partial charge in [-0.25, -0.2) is 13.6 Å². The number of halogens is 1. The van der Waals surface area contributed by atoms with Crippen LogP contribution >= 0.6 is 12.4 Å². The fourth-order valence-electron chi connectivity index (χ4n) is 1.46. The van der Waals surface area contributed by atoms with Crippen LogP contribution in [0.25, 0.3) is 0 Å². The quantitative estimate of drug-likeness (QED) is 0.757. The molecule has 0 bridgehead atoms. The minimum absolute atomic E-state index is 0. The van der Waals surface area contributed by atoms with E-state index in [9.17, 15) is 8.42 Å². The molecule has 0 aromatic carbocycles. The van der Waals surface area contributed by atoms with Gasteiger partial charge < -0.3 is 0 Å². The van der Waals surface area contributed by atoms with Gasteiger partial charge in [-0.15, -0.1) is 12.4 Å². The highest BCUT2D eigenvalue weighted by atomic mass is 35.5. The smallest absolute Gasteiger partial charge is 0.209 e. The molecular formula is C8H20ClNO2S. The third-order valence-corrected chi connectivity index (χ3v) is 2.80. The Bertz CT molecular complexity index is 198. The minimum atomic E-state index is -3.27. The molecule has 0 aliphatic rings. The Hall–Kier alpha value is 0.200. The van der Waals surface area contributed by atoms with Crippen LogP contribution < -0.4 is 5.14 Å². The first-order valence-electron chi connectivity index (χ1n) is 4.50. The molecule has 3 nitrogen and oxygen atoms in total. The number of hydrogen-bond donors (Lipinski definition) is 1. The fraction of sp³-hybridized carbons (Fsp3) is 1.00. The molecule has 13 heavy (non-hydrogen) atoms. The maximum atomic E-state index is 10.8. The maximum absolute atomic E-state index is 10.8. The first-order valence-corrected chi connectivity index (χ1v) is 6.21. The molecular weight excluding hydrogens is 210 g/mol. The molecule has 0 aromatic heterocycles. The fourth-order valence-corrected chi connectivity index (χ4v) is 2.45. The van der Waals surface area contributed by atoms with Gasteiger partial charge in [0, 0.05) is 0 Å². The number of hydrogen-bond acceptors (Lipinski definition) is 2. The number of rotatable bonds is 6. The number of nitrogens with two attached hydrogens (primary N) is 1. The summed E-state index contributed by atoms with van der Waals surface area (Å²) in [5.74, 6) is 0.407. The van der Waals surface area contributed by atoms with E-state index in [2.05, 4.69) is 13.8 Å². The average Bonchev–Trinajstić information content (AvgIpc) is 1.84. The van der Waals surface area contributed by atoms with Gasteiger partial charge in [0.2, 0.25) is 10.0 Å². The van der Waals surface area contributed by atoms with Crippen LogP contribution in [0.5, 0.6) is 0 Å². The van der Waals surface area contributed by atoms with Crippen LogP contribution in [0.3, 0.4) is 0 Å². The van der Waals surface area contributed by atoms with E-state index in [0.29, 0.717) is 0 Å². The van der Waals surface area contributed by atoms with Crippen LogP contribution in [-0.2, 0) is 10.0 Å². The van der Waals surface area contributed by atoms with Gasteiger partial charge in [-0.3, -0.25) is 0 Å². The molecule has 0 aromatic rings. The Morgan fingerprint density at radius 3 is 1.77 bits per heavy atom. The molecule has 2 N–H and O–H groups in total. The second-order valence-electron chi connectivity index (χ2n) is 3.27. The van der Waals surface area contributed by atoms with E-state index in [-0.39, 0.29) is 24.1 Å². The third-order valence-electron chi connectivity index (χ3n) is 1.86. The van der Waals surface area contributed by atoms with Crippen molar-refractivity contribution in [2.24, 2.45) is 11.1 Å². The van der Waals surface area contributed by atoms with Gasteiger partial charge in [-0.1, -0.05) is 26.7 Å². The molecule has 0 radical (unpaired) electrons. The van der Waals surface area contributed by atoms with Crippen molar-refractivity contribution >= 4 is 22.4 Å². The molecule has 0 saturated carbocycles. The van der Waals surface area contributed by atoms with Crippen LogP contribution in [-0.4, -0.2) is 14.2 Å². The molecule has 0 rings (SSSR count). The highest BCUT2D eigenvalue weighted by Gasteiger charge is 2.13. The maximum Gasteiger partial charge on any atom is 0.209 e. The topological polar surface area (TPSA) is 60.2 Å². The van der Waals surface area contributed by atoms with Gasteiger partial charge in [0.15, 0.2) is 0 Å². The number of primary sulfonamides is 1. The van der Waals surface area contributed by atoms with Crippen molar-refractivity contribution in [2.75, 3.05) is 5.75 Å². The Morgan fingerprint density at radius 1 is 1.15 bits per heavy atom. The van der Waals surface area contributed by atoms with E-state index in [0.717, 1.165) is 25.7 Å². The summed E-state index contributed by atoms with van der Waals surface area (Å²) in [6, 6.07) is 0. The highest BCUT2D eigenvalue weighted by molar-refractivity contribution is 7.89. The lowest BCUT2D eigenvalue weighted by molar-refractivity contribution is 0.474. The predicted octanol–water partition coefficient (Wildman–Crippen LogP) is 1.91. The van der Waals surface area contributed by atoms with Crippen LogP contribution in [0.4, 0.5) is 0 Å². The zero-order valence-electron chi connectivity index (χ0n) is 8.32. The Balaban J connectivity index is 0. The molecule has 0 saturated heterocycles. The summed E-state index contributed by atoms with van der Waals surface area (Å²) in [5, 5.41) is 4.97. The lowest BCUT2D eigenvalue weighted by atomic mass is 10.0. The van der Waals surface area contributed by atoms with Crippen molar-refractivity contribution in [1.82, 2.24) is 0 Å². The molecule has 0 unspecified atom stereocenters. The van der Waals surface area contributed by atoms with E-state index in [4.69, 9.17) is 5.14 Å². The molecule has 0 aliphatic carbocycles. The van der Waals surface area contributed by atoms with Crippen molar-refractivity contribution in [3.63, 3.8) is 0 Å². The molecule has 0 aliphatic heterocycles. The normalized spacial score (nSPS) is 11.4. The number of sulfonamides is 1. The highest BCUT2D eigenvalue weighted by Crippen LogP contribution is 2.14. The monoisotopic (exact) mass is 229 g/mol. The lowest BCUT2D eigenvalue weighted by Gasteiger charge is -2.12. The van der Waals surface area contributed by atoms with Gasteiger partial charge in [0.05, 0.1) is 5.75 Å². The zero-order chi connectivity index (χ0) is 9.61. The Kier molecular flexibility index (Phi) is 9.14. The van der Waals surface area contributed by atoms with Gasteiger partial charge in [-0.05, 0) is 18.8 Å². The molecule has 0 atom stereocenters. The third kappa shape index (κ3) is 10.1. The van der Waals surface area contributed by atoms with E-state index in [1.165, 1.54) is 0 Å². The van der Waals surface area contributed by atoms with Crippen molar-refractivity contribution < 1.29 is 8.42 Å². The van der Waals surface area contributed by atoms with Gasteiger partial charge in [0.1, 0.15) is 0 Å². The van der Waals surface area contributed by atoms with Crippen LogP contribution in [0, 0.1) is 5.92 Å². The molecule has 0 heterocycles. The molecule has 0 spiro atoms. The van der Waals surface area contributed by atoms with Crippen molar-refractivity contribution in [1.29, 1.82) is 0 Å². The molecule has 0 amide bonds. The summed E-state index contributed by atoms with van der Waals surface area (Å²) in [7, 11) is -3.27. The summed E-state index contributed by atoms with van der Waals surface area (Å²) in [6.07, 6.45) is 3.98. The summed E-state index contributed by atoms with van der Waals surface area (Å²) in [4.78, 5) is 0. The van der Waals surface area contributed by atoms with Gasteiger partial charge in [0.25, 0.3) is 0 Å². The summed E-state index contributed by atoms with van der Waals surface area (Å²) in [6.45, 7) is 4.12.